The van der Waals surface area contributed by atoms with Gasteiger partial charge in [0.25, 0.3) is 0 Å². The monoisotopic (exact) mass is 795 g/mol. The second kappa shape index (κ2) is 14.2. The first-order valence-electron chi connectivity index (χ1n) is 20.8. The third kappa shape index (κ3) is 5.30. The summed E-state index contributed by atoms with van der Waals surface area (Å²) < 4.78 is 6.03. The zero-order valence-corrected chi connectivity index (χ0v) is 33.8. The molecule has 0 saturated carbocycles. The number of benzene rings is 7. The van der Waals surface area contributed by atoms with Gasteiger partial charge < -0.3 is 9.64 Å². The molecule has 6 heteroatoms. The molecule has 1 spiro atoms. The standard InChI is InChI=1S/C56H37N5O/c1-62-52-26-10-9-25-51(52)61(39-17-11-16-37(32-39)36-14-3-2-4-15-36)40-27-28-47-45(34-40)43-20-7-8-22-46(43)56(47)48-23-13-29-58-54(48)55-49(56)33-38(35-60-55)41-18-5-6-19-42(41)44-21-12-24-50-53(44)59-31-30-57-50/h2-35H,1H3. The van der Waals surface area contributed by atoms with Gasteiger partial charge in [0, 0.05) is 52.9 Å². The van der Waals surface area contributed by atoms with Crippen LogP contribution in [0.4, 0.5) is 17.1 Å². The number of fused-ring (bicyclic) bond motifs is 11. The zero-order valence-electron chi connectivity index (χ0n) is 33.8. The fraction of sp³-hybridized carbons (Fsp3) is 0.0357. The molecule has 0 bridgehead atoms. The first-order chi connectivity index (χ1) is 30.7. The number of rotatable bonds is 7. The van der Waals surface area contributed by atoms with Crippen LogP contribution in [0.5, 0.6) is 5.75 Å². The molecule has 0 aliphatic heterocycles. The summed E-state index contributed by atoms with van der Waals surface area (Å²) in [5, 5.41) is 0. The lowest BCUT2D eigenvalue weighted by atomic mass is 9.70. The summed E-state index contributed by atoms with van der Waals surface area (Å²) in [5.41, 5.74) is 19.4. The summed E-state index contributed by atoms with van der Waals surface area (Å²) in [7, 11) is 1.74. The van der Waals surface area contributed by atoms with E-state index in [1.54, 1.807) is 19.5 Å². The third-order valence-electron chi connectivity index (χ3n) is 12.6. The Hall–Kier alpha value is -8.22. The topological polar surface area (TPSA) is 64.0 Å². The van der Waals surface area contributed by atoms with Crippen molar-refractivity contribution < 1.29 is 4.74 Å². The number of aromatic nitrogens is 4. The lowest BCUT2D eigenvalue weighted by Crippen LogP contribution is -2.26. The van der Waals surface area contributed by atoms with Gasteiger partial charge in [0.2, 0.25) is 0 Å². The van der Waals surface area contributed by atoms with Gasteiger partial charge in [-0.2, -0.15) is 0 Å². The van der Waals surface area contributed by atoms with E-state index in [9.17, 15) is 0 Å². The molecule has 2 aliphatic carbocycles. The number of hydrogen-bond donors (Lipinski definition) is 0. The van der Waals surface area contributed by atoms with Crippen molar-refractivity contribution in [2.75, 3.05) is 12.0 Å². The van der Waals surface area contributed by atoms with Crippen LogP contribution in [0.3, 0.4) is 0 Å². The van der Waals surface area contributed by atoms with E-state index in [0.717, 1.165) is 89.7 Å². The van der Waals surface area contributed by atoms with Gasteiger partial charge in [0.05, 0.1) is 40.6 Å². The Morgan fingerprint density at radius 2 is 1.11 bits per heavy atom. The van der Waals surface area contributed by atoms with Crippen molar-refractivity contribution in [3.63, 3.8) is 0 Å². The van der Waals surface area contributed by atoms with Crippen molar-refractivity contribution in [2.45, 2.75) is 5.41 Å². The normalized spacial score (nSPS) is 14.3. The van der Waals surface area contributed by atoms with Crippen LogP contribution in [-0.2, 0) is 5.41 Å². The minimum atomic E-state index is -0.658. The van der Waals surface area contributed by atoms with E-state index < -0.39 is 5.41 Å². The smallest absolute Gasteiger partial charge is 0.142 e. The number of anilines is 3. The highest BCUT2D eigenvalue weighted by Crippen LogP contribution is 2.63. The molecule has 292 valence electrons. The van der Waals surface area contributed by atoms with Crippen LogP contribution >= 0.6 is 0 Å². The number of nitrogens with zero attached hydrogens (tertiary/aromatic N) is 5. The molecule has 1 unspecified atom stereocenters. The molecular weight excluding hydrogens is 759 g/mol. The maximum absolute atomic E-state index is 6.03. The fourth-order valence-corrected chi connectivity index (χ4v) is 10.00. The molecule has 6 nitrogen and oxygen atoms in total. The predicted octanol–water partition coefficient (Wildman–Crippen LogP) is 13.2. The highest BCUT2D eigenvalue weighted by atomic mass is 16.5. The van der Waals surface area contributed by atoms with Gasteiger partial charge >= 0.3 is 0 Å². The van der Waals surface area contributed by atoms with Crippen molar-refractivity contribution in [1.82, 2.24) is 19.9 Å². The number of hydrogen-bond acceptors (Lipinski definition) is 6. The molecule has 0 radical (unpaired) electrons. The number of para-hydroxylation sites is 3. The van der Waals surface area contributed by atoms with Crippen molar-refractivity contribution in [2.24, 2.45) is 0 Å². The average Bonchev–Trinajstić information content (AvgIpc) is 3.81. The second-order valence-electron chi connectivity index (χ2n) is 15.7. The molecule has 3 aromatic heterocycles. The van der Waals surface area contributed by atoms with Crippen molar-refractivity contribution >= 4 is 28.1 Å². The van der Waals surface area contributed by atoms with Crippen LogP contribution in [0.2, 0.25) is 0 Å². The molecule has 0 fully saturated rings. The molecule has 2 aliphatic rings. The highest BCUT2D eigenvalue weighted by molar-refractivity contribution is 5.99. The largest absolute Gasteiger partial charge is 0.495 e. The molecule has 10 aromatic rings. The minimum absolute atomic E-state index is 0.658. The summed E-state index contributed by atoms with van der Waals surface area (Å²) in [6.45, 7) is 0. The second-order valence-corrected chi connectivity index (χ2v) is 15.7. The van der Waals surface area contributed by atoms with Gasteiger partial charge in [-0.25, -0.2) is 0 Å². The average molecular weight is 796 g/mol. The van der Waals surface area contributed by atoms with E-state index in [4.69, 9.17) is 19.7 Å². The predicted molar refractivity (Wildman–Crippen MR) is 249 cm³/mol. The first kappa shape index (κ1) is 35.7. The highest BCUT2D eigenvalue weighted by Gasteiger charge is 2.53. The molecule has 1 atom stereocenters. The van der Waals surface area contributed by atoms with Gasteiger partial charge in [-0.1, -0.05) is 127 Å². The van der Waals surface area contributed by atoms with E-state index in [1.165, 1.54) is 22.3 Å². The maximum atomic E-state index is 6.03. The van der Waals surface area contributed by atoms with E-state index in [-0.39, 0.29) is 0 Å². The Morgan fingerprint density at radius 1 is 0.419 bits per heavy atom. The molecule has 0 saturated heterocycles. The SMILES string of the molecule is COc1ccccc1N(c1cccc(-c2ccccc2)c1)c1ccc2c(c1)-c1ccccc1C21c2cccnc2-c2ncc(-c3ccccc3-c3cccc4nccnc34)cc21. The lowest BCUT2D eigenvalue weighted by molar-refractivity contribution is 0.416. The number of ether oxygens (including phenoxy) is 1. The quantitative estimate of drug-likeness (QED) is 0.160. The van der Waals surface area contributed by atoms with Crippen molar-refractivity contribution in [3.8, 4) is 61.6 Å². The van der Waals surface area contributed by atoms with Gasteiger partial charge in [-0.3, -0.25) is 19.9 Å². The summed E-state index contributed by atoms with van der Waals surface area (Å²) in [6, 6.07) is 64.7. The molecule has 0 N–H and O–H groups in total. The molecule has 62 heavy (non-hydrogen) atoms. The summed E-state index contributed by atoms with van der Waals surface area (Å²) in [5.74, 6) is 0.786. The Kier molecular flexibility index (Phi) is 8.18. The van der Waals surface area contributed by atoms with E-state index in [2.05, 4.69) is 174 Å². The van der Waals surface area contributed by atoms with E-state index >= 15 is 0 Å². The number of pyridine rings is 2. The number of methoxy groups -OCH3 is 1. The first-order valence-corrected chi connectivity index (χ1v) is 20.8. The van der Waals surface area contributed by atoms with Crippen LogP contribution < -0.4 is 9.64 Å². The van der Waals surface area contributed by atoms with Crippen LogP contribution in [-0.4, -0.2) is 27.0 Å². The molecular formula is C56H37N5O. The molecule has 12 rings (SSSR count). The zero-order chi connectivity index (χ0) is 41.2. The van der Waals surface area contributed by atoms with Gasteiger partial charge in [-0.05, 0) is 105 Å². The summed E-state index contributed by atoms with van der Waals surface area (Å²) in [4.78, 5) is 22.0. The minimum Gasteiger partial charge on any atom is -0.495 e. The Bertz CT molecular complexity index is 3380. The van der Waals surface area contributed by atoms with Crippen LogP contribution in [0.1, 0.15) is 22.3 Å². The van der Waals surface area contributed by atoms with Gasteiger partial charge in [-0.15, -0.1) is 0 Å². The van der Waals surface area contributed by atoms with Crippen molar-refractivity contribution in [3.05, 3.63) is 229 Å². The van der Waals surface area contributed by atoms with Crippen molar-refractivity contribution in [1.29, 1.82) is 0 Å². The van der Waals surface area contributed by atoms with Crippen LogP contribution in [0.25, 0.3) is 66.9 Å². The van der Waals surface area contributed by atoms with E-state index in [0.29, 0.717) is 0 Å². The van der Waals surface area contributed by atoms with Gasteiger partial charge in [0.1, 0.15) is 5.75 Å². The summed E-state index contributed by atoms with van der Waals surface area (Å²) in [6.07, 6.45) is 7.39. The summed E-state index contributed by atoms with van der Waals surface area (Å²) >= 11 is 0. The fourth-order valence-electron chi connectivity index (χ4n) is 10.00. The Morgan fingerprint density at radius 3 is 2.02 bits per heavy atom. The molecule has 7 aromatic carbocycles. The Balaban J connectivity index is 1.08. The Labute approximate surface area is 359 Å². The molecule has 3 heterocycles. The van der Waals surface area contributed by atoms with Crippen LogP contribution in [0, 0.1) is 0 Å². The van der Waals surface area contributed by atoms with Gasteiger partial charge in [0.15, 0.2) is 0 Å². The third-order valence-corrected chi connectivity index (χ3v) is 12.6. The van der Waals surface area contributed by atoms with E-state index in [1.807, 2.05) is 30.6 Å². The molecule has 0 amide bonds. The maximum Gasteiger partial charge on any atom is 0.142 e. The van der Waals surface area contributed by atoms with Crippen LogP contribution in [0.15, 0.2) is 207 Å². The lowest BCUT2D eigenvalue weighted by Gasteiger charge is -2.31.